The van der Waals surface area contributed by atoms with Gasteiger partial charge in [-0.1, -0.05) is 38.1 Å². The smallest absolute Gasteiger partial charge is 0.291 e. The van der Waals surface area contributed by atoms with E-state index in [1.54, 1.807) is 19.1 Å². The quantitative estimate of drug-likeness (QED) is 0.846. The Bertz CT molecular complexity index is 458. The number of benzene rings is 1. The lowest BCUT2D eigenvalue weighted by molar-refractivity contribution is 0.0572. The van der Waals surface area contributed by atoms with Gasteiger partial charge in [-0.05, 0) is 12.5 Å². The molecule has 2 rings (SSSR count). The highest BCUT2D eigenvalue weighted by molar-refractivity contribution is 7.75. The highest BCUT2D eigenvalue weighted by Gasteiger charge is 2.44. The molecule has 2 atom stereocenters. The van der Waals surface area contributed by atoms with Crippen LogP contribution in [0, 0.1) is 0 Å². The third-order valence-corrected chi connectivity index (χ3v) is 3.43. The molecule has 0 fully saturated rings. The molecule has 4 nitrogen and oxygen atoms in total. The van der Waals surface area contributed by atoms with Gasteiger partial charge in [-0.2, -0.15) is 4.21 Å². The first kappa shape index (κ1) is 15.0. The van der Waals surface area contributed by atoms with E-state index in [2.05, 4.69) is 4.18 Å². The first-order valence-electron chi connectivity index (χ1n) is 5.85. The van der Waals surface area contributed by atoms with Gasteiger partial charge in [0.15, 0.2) is 11.4 Å². The van der Waals surface area contributed by atoms with E-state index in [0.29, 0.717) is 12.0 Å². The molecule has 0 heterocycles. The van der Waals surface area contributed by atoms with Crippen LogP contribution in [0.15, 0.2) is 24.3 Å². The van der Waals surface area contributed by atoms with Crippen LogP contribution in [0.4, 0.5) is 0 Å². The van der Waals surface area contributed by atoms with Crippen molar-refractivity contribution < 1.29 is 17.4 Å². The maximum atomic E-state index is 12.1. The maximum absolute atomic E-state index is 12.1. The van der Waals surface area contributed by atoms with Crippen molar-refractivity contribution in [2.45, 2.75) is 32.8 Å². The summed E-state index contributed by atoms with van der Waals surface area (Å²) < 4.78 is 20.8. The van der Waals surface area contributed by atoms with Gasteiger partial charge >= 0.3 is 11.4 Å². The van der Waals surface area contributed by atoms with E-state index in [1.165, 1.54) is 7.11 Å². The van der Waals surface area contributed by atoms with E-state index in [0.717, 1.165) is 5.56 Å². The summed E-state index contributed by atoms with van der Waals surface area (Å²) >= 11 is -1.89. The van der Waals surface area contributed by atoms with Crippen molar-refractivity contribution in [3.8, 4) is 0 Å². The minimum absolute atomic E-state index is 0.145. The topological polar surface area (TPSA) is 52.6 Å². The highest BCUT2D eigenvalue weighted by Crippen LogP contribution is 2.33. The molecule has 0 aromatic heterocycles. The standard InChI is InChI=1S/C11H12O4S.C2H6/c1-11(15-16(13)14-2)7-8-5-3-4-6-9(8)10(11)12;1-2/h3-6H,7H2,1-2H3;1-2H3. The SMILES string of the molecule is CC.COS(=O)OC1(C)Cc2ccccc2C1=O. The molecule has 1 aromatic carbocycles. The summed E-state index contributed by atoms with van der Waals surface area (Å²) in [6, 6.07) is 7.29. The zero-order valence-electron chi connectivity index (χ0n) is 11.1. The fourth-order valence-electron chi connectivity index (χ4n) is 1.88. The summed E-state index contributed by atoms with van der Waals surface area (Å²) in [5, 5.41) is 0. The molecule has 1 aliphatic carbocycles. The number of carbonyl (C=O) groups is 1. The van der Waals surface area contributed by atoms with Crippen LogP contribution in [0.2, 0.25) is 0 Å². The number of hydrogen-bond acceptors (Lipinski definition) is 4. The average Bonchev–Trinajstić information content (AvgIpc) is 2.64. The second-order valence-electron chi connectivity index (χ2n) is 3.85. The minimum atomic E-state index is -1.89. The molecular weight excluding hydrogens is 252 g/mol. The summed E-state index contributed by atoms with van der Waals surface area (Å²) in [6.07, 6.45) is 0.428. The Balaban J connectivity index is 0.000000771. The van der Waals surface area contributed by atoms with Gasteiger partial charge in [0.1, 0.15) is 0 Å². The van der Waals surface area contributed by atoms with Crippen molar-refractivity contribution in [2.75, 3.05) is 7.11 Å². The van der Waals surface area contributed by atoms with E-state index < -0.39 is 17.0 Å². The third-order valence-electron chi connectivity index (χ3n) is 2.66. The monoisotopic (exact) mass is 270 g/mol. The van der Waals surface area contributed by atoms with Crippen LogP contribution >= 0.6 is 0 Å². The molecule has 0 amide bonds. The molecule has 0 spiro atoms. The fraction of sp³-hybridized carbons (Fsp3) is 0.462. The number of ketones is 1. The lowest BCUT2D eigenvalue weighted by atomic mass is 10.0. The minimum Gasteiger partial charge on any atom is -0.291 e. The molecule has 1 aliphatic rings. The van der Waals surface area contributed by atoms with Crippen molar-refractivity contribution in [3.05, 3.63) is 35.4 Å². The molecule has 0 saturated heterocycles. The van der Waals surface area contributed by atoms with E-state index in [9.17, 15) is 9.00 Å². The molecular formula is C13H18O4S. The lowest BCUT2D eigenvalue weighted by Crippen LogP contribution is -2.36. The second kappa shape index (κ2) is 6.22. The molecule has 2 unspecified atom stereocenters. The number of Topliss-reactive ketones (excluding diaryl/α,β-unsaturated/α-hetero) is 1. The first-order valence-corrected chi connectivity index (χ1v) is 6.85. The number of rotatable bonds is 3. The molecule has 18 heavy (non-hydrogen) atoms. The third kappa shape index (κ3) is 2.85. The number of hydrogen-bond donors (Lipinski definition) is 0. The van der Waals surface area contributed by atoms with Gasteiger partial charge in [0.05, 0.1) is 7.11 Å². The van der Waals surface area contributed by atoms with Crippen LogP contribution in [0.3, 0.4) is 0 Å². The molecule has 0 bridgehead atoms. The summed E-state index contributed by atoms with van der Waals surface area (Å²) in [7, 11) is 1.27. The largest absolute Gasteiger partial charge is 0.305 e. The van der Waals surface area contributed by atoms with Crippen molar-refractivity contribution >= 4 is 17.1 Å². The van der Waals surface area contributed by atoms with Crippen molar-refractivity contribution in [1.82, 2.24) is 0 Å². The molecule has 1 aromatic rings. The Morgan fingerprint density at radius 1 is 1.28 bits per heavy atom. The van der Waals surface area contributed by atoms with Crippen LogP contribution in [0.25, 0.3) is 0 Å². The van der Waals surface area contributed by atoms with E-state index in [4.69, 9.17) is 4.18 Å². The van der Waals surface area contributed by atoms with Crippen LogP contribution in [-0.2, 0) is 26.1 Å². The van der Waals surface area contributed by atoms with Crippen LogP contribution in [-0.4, -0.2) is 22.7 Å². The Morgan fingerprint density at radius 3 is 2.44 bits per heavy atom. The average molecular weight is 270 g/mol. The van der Waals surface area contributed by atoms with E-state index >= 15 is 0 Å². The van der Waals surface area contributed by atoms with Gasteiger partial charge < -0.3 is 0 Å². The van der Waals surface area contributed by atoms with Crippen molar-refractivity contribution in [2.24, 2.45) is 0 Å². The van der Waals surface area contributed by atoms with Crippen molar-refractivity contribution in [1.29, 1.82) is 0 Å². The van der Waals surface area contributed by atoms with E-state index in [-0.39, 0.29) is 5.78 Å². The summed E-state index contributed by atoms with van der Waals surface area (Å²) in [5.41, 5.74) is 0.478. The number of carbonyl (C=O) groups excluding carboxylic acids is 1. The molecule has 5 heteroatoms. The Morgan fingerprint density at radius 2 is 1.89 bits per heavy atom. The summed E-state index contributed by atoms with van der Waals surface area (Å²) in [4.78, 5) is 12.1. The van der Waals surface area contributed by atoms with Gasteiger partial charge in [0, 0.05) is 12.0 Å². The van der Waals surface area contributed by atoms with Gasteiger partial charge in [0.25, 0.3) is 0 Å². The van der Waals surface area contributed by atoms with Crippen molar-refractivity contribution in [3.63, 3.8) is 0 Å². The molecule has 0 aliphatic heterocycles. The van der Waals surface area contributed by atoms with Gasteiger partial charge in [-0.25, -0.2) is 0 Å². The van der Waals surface area contributed by atoms with Crippen LogP contribution in [0.1, 0.15) is 36.7 Å². The summed E-state index contributed by atoms with van der Waals surface area (Å²) in [6.45, 7) is 5.63. The summed E-state index contributed by atoms with van der Waals surface area (Å²) in [5.74, 6) is -0.145. The molecule has 0 N–H and O–H groups in total. The predicted octanol–water partition coefficient (Wildman–Crippen LogP) is 2.45. The molecule has 0 radical (unpaired) electrons. The Labute approximate surface area is 110 Å². The lowest BCUT2D eigenvalue weighted by Gasteiger charge is -2.19. The zero-order valence-corrected chi connectivity index (χ0v) is 11.9. The number of fused-ring (bicyclic) bond motifs is 1. The van der Waals surface area contributed by atoms with Crippen LogP contribution in [0.5, 0.6) is 0 Å². The molecule has 100 valence electrons. The Hall–Kier alpha value is -1.04. The Kier molecular flexibility index (Phi) is 5.19. The maximum Gasteiger partial charge on any atom is 0.305 e. The predicted molar refractivity (Wildman–Crippen MR) is 70.5 cm³/mol. The first-order chi connectivity index (χ1) is 8.57. The second-order valence-corrected chi connectivity index (χ2v) is 4.76. The highest BCUT2D eigenvalue weighted by atomic mass is 32.2. The fourth-order valence-corrected chi connectivity index (χ4v) is 2.38. The van der Waals surface area contributed by atoms with Gasteiger partial charge in [-0.3, -0.25) is 13.2 Å². The molecule has 0 saturated carbocycles. The van der Waals surface area contributed by atoms with Crippen LogP contribution < -0.4 is 0 Å². The van der Waals surface area contributed by atoms with E-state index in [1.807, 2.05) is 26.0 Å². The normalized spacial score (nSPS) is 23.0. The van der Waals surface area contributed by atoms with Gasteiger partial charge in [0.2, 0.25) is 0 Å². The van der Waals surface area contributed by atoms with Gasteiger partial charge in [-0.15, -0.1) is 0 Å². The zero-order chi connectivity index (χ0) is 13.8.